The number of anilines is 1. The zero-order valence-electron chi connectivity index (χ0n) is 14.2. The van der Waals surface area contributed by atoms with Gasteiger partial charge in [-0.05, 0) is 18.6 Å². The van der Waals surface area contributed by atoms with Gasteiger partial charge in [-0.3, -0.25) is 0 Å². The normalized spacial score (nSPS) is 23.1. The maximum Gasteiger partial charge on any atom is 0.162 e. The van der Waals surface area contributed by atoms with E-state index in [0.717, 1.165) is 16.5 Å². The van der Waals surface area contributed by atoms with Crippen molar-refractivity contribution in [3.8, 4) is 11.4 Å². The third kappa shape index (κ3) is 3.26. The van der Waals surface area contributed by atoms with E-state index in [2.05, 4.69) is 10.3 Å². The Morgan fingerprint density at radius 3 is 2.62 bits per heavy atom. The van der Waals surface area contributed by atoms with Crippen molar-refractivity contribution in [3.63, 3.8) is 0 Å². The van der Waals surface area contributed by atoms with Gasteiger partial charge in [0.1, 0.15) is 18.0 Å². The fourth-order valence-corrected chi connectivity index (χ4v) is 3.27. The number of hydrogen-bond acceptors (Lipinski definition) is 6. The molecule has 0 aliphatic carbocycles. The van der Waals surface area contributed by atoms with Crippen molar-refractivity contribution in [2.24, 2.45) is 0 Å². The molecule has 3 N–H and O–H groups in total. The zero-order chi connectivity index (χ0) is 17.9. The van der Waals surface area contributed by atoms with Crippen LogP contribution in [0.25, 0.3) is 22.3 Å². The van der Waals surface area contributed by atoms with E-state index in [4.69, 9.17) is 9.72 Å². The van der Waals surface area contributed by atoms with Gasteiger partial charge in [0.2, 0.25) is 0 Å². The summed E-state index contributed by atoms with van der Waals surface area (Å²) in [6.45, 7) is 0.271. The molecule has 4 rings (SSSR count). The van der Waals surface area contributed by atoms with Crippen molar-refractivity contribution in [3.05, 3.63) is 54.6 Å². The summed E-state index contributed by atoms with van der Waals surface area (Å²) >= 11 is 0. The molecule has 0 unspecified atom stereocenters. The number of rotatable bonds is 4. The van der Waals surface area contributed by atoms with Gasteiger partial charge in [0.25, 0.3) is 0 Å². The van der Waals surface area contributed by atoms with E-state index in [1.54, 1.807) is 0 Å². The Hall–Kier alpha value is -2.54. The second-order valence-corrected chi connectivity index (χ2v) is 6.40. The molecular weight excluding hydrogens is 330 g/mol. The highest BCUT2D eigenvalue weighted by molar-refractivity contribution is 5.90. The van der Waals surface area contributed by atoms with Crippen molar-refractivity contribution >= 4 is 16.7 Å². The predicted octanol–water partition coefficient (Wildman–Crippen LogP) is 2.22. The number of nitrogens with zero attached hydrogens (tertiary/aromatic N) is 2. The third-order valence-corrected chi connectivity index (χ3v) is 4.69. The van der Waals surface area contributed by atoms with Crippen LogP contribution >= 0.6 is 0 Å². The fourth-order valence-electron chi connectivity index (χ4n) is 3.27. The molecule has 134 valence electrons. The van der Waals surface area contributed by atoms with E-state index in [1.807, 2.05) is 54.6 Å². The number of hydrogen-bond donors (Lipinski definition) is 3. The molecule has 0 spiro atoms. The monoisotopic (exact) mass is 351 g/mol. The smallest absolute Gasteiger partial charge is 0.162 e. The van der Waals surface area contributed by atoms with Gasteiger partial charge in [0.15, 0.2) is 5.82 Å². The van der Waals surface area contributed by atoms with Gasteiger partial charge in [-0.25, -0.2) is 9.97 Å². The lowest BCUT2D eigenvalue weighted by Gasteiger charge is -2.34. The van der Waals surface area contributed by atoms with Gasteiger partial charge in [0.05, 0.1) is 18.2 Å². The standard InChI is InChI=1S/C20H21N3O3/c24-12-17-18(25)16(10-11-26-17)22-20-14-8-4-5-9-15(14)21-19(23-20)13-6-2-1-3-7-13/h1-9,16-18,24-25H,10-12H2,(H,21,22,23)/t16-,17+,18-/m0/s1. The van der Waals surface area contributed by atoms with E-state index in [9.17, 15) is 10.2 Å². The molecule has 6 nitrogen and oxygen atoms in total. The molecule has 1 aliphatic rings. The topological polar surface area (TPSA) is 87.5 Å². The summed E-state index contributed by atoms with van der Waals surface area (Å²) in [6.07, 6.45) is -0.748. The Morgan fingerprint density at radius 2 is 1.81 bits per heavy atom. The van der Waals surface area contributed by atoms with Crippen molar-refractivity contribution < 1.29 is 14.9 Å². The summed E-state index contributed by atoms with van der Waals surface area (Å²) in [5, 5.41) is 24.1. The van der Waals surface area contributed by atoms with Gasteiger partial charge in [-0.15, -0.1) is 0 Å². The minimum Gasteiger partial charge on any atom is -0.394 e. The predicted molar refractivity (Wildman–Crippen MR) is 99.8 cm³/mol. The van der Waals surface area contributed by atoms with E-state index in [0.29, 0.717) is 24.7 Å². The molecular formula is C20H21N3O3. The summed E-state index contributed by atoms with van der Waals surface area (Å²) in [7, 11) is 0. The summed E-state index contributed by atoms with van der Waals surface area (Å²) in [4.78, 5) is 9.38. The molecule has 3 atom stereocenters. The number of para-hydroxylation sites is 1. The largest absolute Gasteiger partial charge is 0.394 e. The van der Waals surface area contributed by atoms with E-state index in [1.165, 1.54) is 0 Å². The van der Waals surface area contributed by atoms with E-state index in [-0.39, 0.29) is 12.6 Å². The average Bonchev–Trinajstić information content (AvgIpc) is 2.70. The molecule has 1 saturated heterocycles. The third-order valence-electron chi connectivity index (χ3n) is 4.69. The summed E-state index contributed by atoms with van der Waals surface area (Å²) < 4.78 is 5.42. The highest BCUT2D eigenvalue weighted by atomic mass is 16.5. The van der Waals surface area contributed by atoms with Crippen LogP contribution in [-0.4, -0.2) is 51.6 Å². The molecule has 0 amide bonds. The van der Waals surface area contributed by atoms with Gasteiger partial charge in [0, 0.05) is 17.6 Å². The quantitative estimate of drug-likeness (QED) is 0.668. The van der Waals surface area contributed by atoms with Crippen molar-refractivity contribution in [2.75, 3.05) is 18.5 Å². The van der Waals surface area contributed by atoms with Crippen LogP contribution in [0.5, 0.6) is 0 Å². The number of fused-ring (bicyclic) bond motifs is 1. The number of aliphatic hydroxyl groups excluding tert-OH is 2. The summed E-state index contributed by atoms with van der Waals surface area (Å²) in [5.41, 5.74) is 1.77. The minimum absolute atomic E-state index is 0.209. The Bertz CT molecular complexity index is 888. The fraction of sp³-hybridized carbons (Fsp3) is 0.300. The number of aliphatic hydroxyl groups is 2. The minimum atomic E-state index is -0.803. The van der Waals surface area contributed by atoms with Crippen LogP contribution in [0.2, 0.25) is 0 Å². The number of benzene rings is 2. The van der Waals surface area contributed by atoms with Gasteiger partial charge < -0.3 is 20.3 Å². The maximum absolute atomic E-state index is 10.5. The average molecular weight is 351 g/mol. The van der Waals surface area contributed by atoms with Crippen LogP contribution in [-0.2, 0) is 4.74 Å². The molecule has 2 heterocycles. The first-order valence-electron chi connectivity index (χ1n) is 8.75. The van der Waals surface area contributed by atoms with Crippen LogP contribution in [0.4, 0.5) is 5.82 Å². The Morgan fingerprint density at radius 1 is 1.04 bits per heavy atom. The lowest BCUT2D eigenvalue weighted by atomic mass is 10.00. The molecule has 3 aromatic rings. The zero-order valence-corrected chi connectivity index (χ0v) is 14.2. The van der Waals surface area contributed by atoms with Crippen molar-refractivity contribution in [1.29, 1.82) is 0 Å². The highest BCUT2D eigenvalue weighted by Gasteiger charge is 2.32. The lowest BCUT2D eigenvalue weighted by molar-refractivity contribution is -0.0997. The molecule has 2 aromatic carbocycles. The van der Waals surface area contributed by atoms with E-state index < -0.39 is 12.2 Å². The first kappa shape index (κ1) is 16.9. The number of nitrogens with one attached hydrogen (secondary N) is 1. The molecule has 6 heteroatoms. The Balaban J connectivity index is 1.74. The van der Waals surface area contributed by atoms with Crippen molar-refractivity contribution in [2.45, 2.75) is 24.7 Å². The van der Waals surface area contributed by atoms with Gasteiger partial charge >= 0.3 is 0 Å². The van der Waals surface area contributed by atoms with Crippen LogP contribution in [0.3, 0.4) is 0 Å². The lowest BCUT2D eigenvalue weighted by Crippen LogP contribution is -2.49. The maximum atomic E-state index is 10.5. The Labute approximate surface area is 151 Å². The van der Waals surface area contributed by atoms with Gasteiger partial charge in [-0.1, -0.05) is 42.5 Å². The second-order valence-electron chi connectivity index (χ2n) is 6.40. The number of ether oxygens (including phenoxy) is 1. The number of aromatic nitrogens is 2. The Kier molecular flexibility index (Phi) is 4.79. The molecule has 1 fully saturated rings. The molecule has 0 bridgehead atoms. The second kappa shape index (κ2) is 7.37. The summed E-state index contributed by atoms with van der Waals surface area (Å²) in [6, 6.07) is 17.4. The van der Waals surface area contributed by atoms with E-state index >= 15 is 0 Å². The molecule has 0 saturated carbocycles. The SMILES string of the molecule is OC[C@H]1OCC[C@H](Nc2nc(-c3ccccc3)nc3ccccc23)[C@@H]1O. The van der Waals surface area contributed by atoms with Crippen LogP contribution in [0.15, 0.2) is 54.6 Å². The summed E-state index contributed by atoms with van der Waals surface area (Å²) in [5.74, 6) is 1.31. The first-order chi connectivity index (χ1) is 12.8. The van der Waals surface area contributed by atoms with Crippen LogP contribution in [0.1, 0.15) is 6.42 Å². The molecule has 0 radical (unpaired) electrons. The van der Waals surface area contributed by atoms with Gasteiger partial charge in [-0.2, -0.15) is 0 Å². The van der Waals surface area contributed by atoms with Crippen LogP contribution in [0, 0.1) is 0 Å². The molecule has 1 aliphatic heterocycles. The first-order valence-corrected chi connectivity index (χ1v) is 8.75. The van der Waals surface area contributed by atoms with Crippen molar-refractivity contribution in [1.82, 2.24) is 9.97 Å². The molecule has 26 heavy (non-hydrogen) atoms. The molecule has 1 aromatic heterocycles. The van der Waals surface area contributed by atoms with Crippen LogP contribution < -0.4 is 5.32 Å². The highest BCUT2D eigenvalue weighted by Crippen LogP contribution is 2.27.